The molecule has 2 heteroatoms. The topological polar surface area (TPSA) is 26.3 Å². The van der Waals surface area contributed by atoms with Gasteiger partial charge in [0.1, 0.15) is 6.61 Å². The van der Waals surface area contributed by atoms with E-state index in [2.05, 4.69) is 25.2 Å². The standard InChI is InChI=1S/C16H28O2/c1-3-4-5-6-7-8-9-10-11-12-13-14-15-18-16(2)17/h5-6,13-14H,3-4,7-12,15H2,1-2H3/b6-5-,14-13-. The Labute approximate surface area is 112 Å². The van der Waals surface area contributed by atoms with Crippen LogP contribution >= 0.6 is 0 Å². The fraction of sp³-hybridized carbons (Fsp3) is 0.688. The lowest BCUT2D eigenvalue weighted by molar-refractivity contribution is -0.139. The molecule has 0 N–H and O–H groups in total. The van der Waals surface area contributed by atoms with Crippen LogP contribution in [0.2, 0.25) is 0 Å². The molecule has 0 aromatic rings. The van der Waals surface area contributed by atoms with Crippen molar-refractivity contribution in [1.29, 1.82) is 0 Å². The van der Waals surface area contributed by atoms with Crippen LogP contribution in [0.4, 0.5) is 0 Å². The van der Waals surface area contributed by atoms with Gasteiger partial charge in [-0.2, -0.15) is 0 Å². The molecular formula is C16H28O2. The van der Waals surface area contributed by atoms with Crippen LogP contribution in [-0.2, 0) is 9.53 Å². The smallest absolute Gasteiger partial charge is 0.302 e. The first-order chi connectivity index (χ1) is 8.77. The lowest BCUT2D eigenvalue weighted by Gasteiger charge is -1.97. The van der Waals surface area contributed by atoms with E-state index in [-0.39, 0.29) is 5.97 Å². The summed E-state index contributed by atoms with van der Waals surface area (Å²) in [5.41, 5.74) is 0. The van der Waals surface area contributed by atoms with Gasteiger partial charge in [0, 0.05) is 6.92 Å². The molecular weight excluding hydrogens is 224 g/mol. The highest BCUT2D eigenvalue weighted by Crippen LogP contribution is 2.06. The summed E-state index contributed by atoms with van der Waals surface area (Å²) in [5.74, 6) is -0.212. The van der Waals surface area contributed by atoms with Crippen molar-refractivity contribution >= 4 is 5.97 Å². The lowest BCUT2D eigenvalue weighted by Crippen LogP contribution is -1.97. The molecule has 0 aromatic heterocycles. The van der Waals surface area contributed by atoms with Gasteiger partial charge in [-0.3, -0.25) is 4.79 Å². The zero-order valence-electron chi connectivity index (χ0n) is 12.0. The van der Waals surface area contributed by atoms with E-state index in [0.29, 0.717) is 6.61 Å². The van der Waals surface area contributed by atoms with Gasteiger partial charge in [0.05, 0.1) is 0 Å². The summed E-state index contributed by atoms with van der Waals surface area (Å²) in [6.45, 7) is 4.06. The van der Waals surface area contributed by atoms with E-state index in [9.17, 15) is 4.79 Å². The number of hydrogen-bond donors (Lipinski definition) is 0. The highest BCUT2D eigenvalue weighted by atomic mass is 16.5. The number of allylic oxidation sites excluding steroid dienone is 3. The van der Waals surface area contributed by atoms with Crippen molar-refractivity contribution in [2.45, 2.75) is 65.2 Å². The number of hydrogen-bond acceptors (Lipinski definition) is 2. The van der Waals surface area contributed by atoms with E-state index in [1.807, 2.05) is 6.08 Å². The van der Waals surface area contributed by atoms with Gasteiger partial charge in [0.25, 0.3) is 0 Å². The van der Waals surface area contributed by atoms with Gasteiger partial charge in [-0.1, -0.05) is 50.5 Å². The number of unbranched alkanes of at least 4 members (excludes halogenated alkanes) is 6. The minimum absolute atomic E-state index is 0.212. The SMILES string of the molecule is CCC/C=C\CCCCCC/C=C\COC(C)=O. The minimum Gasteiger partial charge on any atom is -0.462 e. The number of ether oxygens (including phenoxy) is 1. The normalized spacial score (nSPS) is 11.4. The van der Waals surface area contributed by atoms with Crippen molar-refractivity contribution in [3.8, 4) is 0 Å². The van der Waals surface area contributed by atoms with Crippen LogP contribution in [0.3, 0.4) is 0 Å². The Morgan fingerprint density at radius 3 is 2.00 bits per heavy atom. The maximum atomic E-state index is 10.5. The van der Waals surface area contributed by atoms with Crippen LogP contribution in [0.1, 0.15) is 65.2 Å². The zero-order valence-corrected chi connectivity index (χ0v) is 12.0. The second-order valence-electron chi connectivity index (χ2n) is 4.53. The summed E-state index contributed by atoms with van der Waals surface area (Å²) in [4.78, 5) is 10.5. The Kier molecular flexibility index (Phi) is 13.2. The molecule has 0 aromatic carbocycles. The average molecular weight is 252 g/mol. The highest BCUT2D eigenvalue weighted by Gasteiger charge is 1.89. The van der Waals surface area contributed by atoms with E-state index < -0.39 is 0 Å². The zero-order chi connectivity index (χ0) is 13.5. The van der Waals surface area contributed by atoms with Crippen LogP contribution in [0.25, 0.3) is 0 Å². The summed E-state index contributed by atoms with van der Waals surface area (Å²) in [5, 5.41) is 0. The molecule has 0 radical (unpaired) electrons. The third-order valence-electron chi connectivity index (χ3n) is 2.66. The van der Waals surface area contributed by atoms with Crippen LogP contribution in [0.5, 0.6) is 0 Å². The molecule has 0 atom stereocenters. The molecule has 0 rings (SSSR count). The first kappa shape index (κ1) is 16.9. The summed E-state index contributed by atoms with van der Waals surface area (Å²) >= 11 is 0. The summed E-state index contributed by atoms with van der Waals surface area (Å²) in [7, 11) is 0. The van der Waals surface area contributed by atoms with Crippen molar-refractivity contribution in [2.24, 2.45) is 0 Å². The molecule has 0 aliphatic carbocycles. The van der Waals surface area contributed by atoms with Gasteiger partial charge in [-0.25, -0.2) is 0 Å². The first-order valence-corrected chi connectivity index (χ1v) is 7.20. The number of rotatable bonds is 11. The predicted molar refractivity (Wildman–Crippen MR) is 77.5 cm³/mol. The van der Waals surface area contributed by atoms with Gasteiger partial charge in [0.2, 0.25) is 0 Å². The molecule has 0 unspecified atom stereocenters. The van der Waals surface area contributed by atoms with E-state index in [1.54, 1.807) is 0 Å². The fourth-order valence-corrected chi connectivity index (χ4v) is 1.63. The van der Waals surface area contributed by atoms with E-state index in [4.69, 9.17) is 4.74 Å². The van der Waals surface area contributed by atoms with Gasteiger partial charge >= 0.3 is 5.97 Å². The average Bonchev–Trinajstić information content (AvgIpc) is 2.34. The number of carbonyl (C=O) groups is 1. The van der Waals surface area contributed by atoms with Crippen molar-refractivity contribution in [1.82, 2.24) is 0 Å². The largest absolute Gasteiger partial charge is 0.462 e. The van der Waals surface area contributed by atoms with E-state index in [1.165, 1.54) is 51.9 Å². The molecule has 0 aliphatic heterocycles. The Balaban J connectivity index is 3.13. The maximum absolute atomic E-state index is 10.5. The molecule has 0 fully saturated rings. The number of esters is 1. The van der Waals surface area contributed by atoms with Crippen LogP contribution in [-0.4, -0.2) is 12.6 Å². The third kappa shape index (κ3) is 14.9. The lowest BCUT2D eigenvalue weighted by atomic mass is 10.1. The molecule has 0 heterocycles. The molecule has 0 saturated heterocycles. The fourth-order valence-electron chi connectivity index (χ4n) is 1.63. The second-order valence-corrected chi connectivity index (χ2v) is 4.53. The summed E-state index contributed by atoms with van der Waals surface area (Å²) < 4.78 is 4.80. The van der Waals surface area contributed by atoms with E-state index in [0.717, 1.165) is 6.42 Å². The maximum Gasteiger partial charge on any atom is 0.302 e. The first-order valence-electron chi connectivity index (χ1n) is 7.20. The third-order valence-corrected chi connectivity index (χ3v) is 2.66. The molecule has 0 amide bonds. The predicted octanol–water partition coefficient (Wildman–Crippen LogP) is 4.80. The van der Waals surface area contributed by atoms with E-state index >= 15 is 0 Å². The molecule has 0 bridgehead atoms. The Morgan fingerprint density at radius 2 is 1.44 bits per heavy atom. The van der Waals surface area contributed by atoms with Crippen molar-refractivity contribution in [2.75, 3.05) is 6.61 Å². The van der Waals surface area contributed by atoms with Gasteiger partial charge in [0.15, 0.2) is 0 Å². The Bertz CT molecular complexity index is 241. The summed E-state index contributed by atoms with van der Waals surface area (Å²) in [6, 6.07) is 0. The highest BCUT2D eigenvalue weighted by molar-refractivity contribution is 5.65. The van der Waals surface area contributed by atoms with Crippen LogP contribution in [0.15, 0.2) is 24.3 Å². The minimum atomic E-state index is -0.212. The monoisotopic (exact) mass is 252 g/mol. The molecule has 0 saturated carbocycles. The van der Waals surface area contributed by atoms with Crippen molar-refractivity contribution < 1.29 is 9.53 Å². The Hall–Kier alpha value is -1.05. The molecule has 18 heavy (non-hydrogen) atoms. The Morgan fingerprint density at radius 1 is 0.889 bits per heavy atom. The van der Waals surface area contributed by atoms with Crippen molar-refractivity contribution in [3.05, 3.63) is 24.3 Å². The molecule has 0 aliphatic rings. The van der Waals surface area contributed by atoms with Crippen LogP contribution < -0.4 is 0 Å². The van der Waals surface area contributed by atoms with Gasteiger partial charge in [-0.05, 0) is 32.1 Å². The quantitative estimate of drug-likeness (QED) is 0.300. The molecule has 0 spiro atoms. The molecule has 2 nitrogen and oxygen atoms in total. The van der Waals surface area contributed by atoms with Crippen molar-refractivity contribution in [3.63, 3.8) is 0 Å². The van der Waals surface area contributed by atoms with Crippen LogP contribution in [0, 0.1) is 0 Å². The van der Waals surface area contributed by atoms with Gasteiger partial charge < -0.3 is 4.74 Å². The summed E-state index contributed by atoms with van der Waals surface area (Å²) in [6.07, 6.45) is 18.5. The second kappa shape index (κ2) is 14.0. The van der Waals surface area contributed by atoms with Gasteiger partial charge in [-0.15, -0.1) is 0 Å². The number of carbonyl (C=O) groups excluding carboxylic acids is 1. The molecule has 104 valence electrons.